The number of aromatic nitrogens is 3. The third-order valence-corrected chi connectivity index (χ3v) is 4.74. The average Bonchev–Trinajstić information content (AvgIpc) is 2.58. The average molecular weight is 287 g/mol. The lowest BCUT2D eigenvalue weighted by Crippen LogP contribution is -2.15. The Morgan fingerprint density at radius 1 is 1.21 bits per heavy atom. The Bertz CT molecular complexity index is 525. The van der Waals surface area contributed by atoms with E-state index in [9.17, 15) is 8.42 Å². The quantitative estimate of drug-likeness (QED) is 0.834. The molecule has 0 N–H and O–H groups in total. The number of sulfone groups is 1. The summed E-state index contributed by atoms with van der Waals surface area (Å²) < 4.78 is 26.1. The lowest BCUT2D eigenvalue weighted by molar-refractivity contribution is 0.373. The SMILES string of the molecule is CC(C)c1nnc(S(=O)(=O)CCCC(C)(C)C)n1C. The van der Waals surface area contributed by atoms with Crippen molar-refractivity contribution in [2.24, 2.45) is 12.5 Å². The molecule has 0 fully saturated rings. The monoisotopic (exact) mass is 287 g/mol. The molecule has 0 saturated heterocycles. The van der Waals surface area contributed by atoms with Crippen LogP contribution in [0.2, 0.25) is 0 Å². The van der Waals surface area contributed by atoms with Crippen LogP contribution in [-0.2, 0) is 16.9 Å². The van der Waals surface area contributed by atoms with Crippen LogP contribution in [0.3, 0.4) is 0 Å². The smallest absolute Gasteiger partial charge is 0.249 e. The molecule has 0 saturated carbocycles. The second-order valence-corrected chi connectivity index (χ2v) is 8.54. The number of rotatable bonds is 5. The van der Waals surface area contributed by atoms with E-state index in [-0.39, 0.29) is 22.2 Å². The van der Waals surface area contributed by atoms with E-state index >= 15 is 0 Å². The molecule has 0 spiro atoms. The number of hydrogen-bond donors (Lipinski definition) is 0. The van der Waals surface area contributed by atoms with Crippen molar-refractivity contribution in [3.63, 3.8) is 0 Å². The first-order valence-corrected chi connectivity index (χ1v) is 8.32. The molecule has 1 heterocycles. The van der Waals surface area contributed by atoms with Gasteiger partial charge in [0.1, 0.15) is 5.82 Å². The fourth-order valence-electron chi connectivity index (χ4n) is 1.98. The van der Waals surface area contributed by atoms with Crippen molar-refractivity contribution in [1.82, 2.24) is 14.8 Å². The Hall–Kier alpha value is -0.910. The molecule has 1 aromatic rings. The third kappa shape index (κ3) is 4.30. The molecule has 0 aromatic carbocycles. The molecule has 1 rings (SSSR count). The summed E-state index contributed by atoms with van der Waals surface area (Å²) in [6, 6.07) is 0. The molecule has 5 nitrogen and oxygen atoms in total. The molecule has 0 bridgehead atoms. The maximum absolute atomic E-state index is 12.3. The Kier molecular flexibility index (Phi) is 4.76. The Morgan fingerprint density at radius 3 is 2.21 bits per heavy atom. The summed E-state index contributed by atoms with van der Waals surface area (Å²) >= 11 is 0. The van der Waals surface area contributed by atoms with Gasteiger partial charge in [-0.25, -0.2) is 8.42 Å². The van der Waals surface area contributed by atoms with E-state index in [1.54, 1.807) is 11.6 Å². The van der Waals surface area contributed by atoms with Crippen LogP contribution in [0.15, 0.2) is 5.16 Å². The zero-order valence-corrected chi connectivity index (χ0v) is 13.6. The zero-order valence-electron chi connectivity index (χ0n) is 12.8. The third-order valence-electron chi connectivity index (χ3n) is 3.00. The van der Waals surface area contributed by atoms with E-state index < -0.39 is 9.84 Å². The Labute approximate surface area is 116 Å². The topological polar surface area (TPSA) is 64.8 Å². The fraction of sp³-hybridized carbons (Fsp3) is 0.846. The van der Waals surface area contributed by atoms with Crippen molar-refractivity contribution < 1.29 is 8.42 Å². The second-order valence-electron chi connectivity index (χ2n) is 6.54. The Morgan fingerprint density at radius 2 is 1.79 bits per heavy atom. The van der Waals surface area contributed by atoms with Gasteiger partial charge < -0.3 is 4.57 Å². The molecule has 0 aliphatic heterocycles. The standard InChI is InChI=1S/C13H25N3O2S/c1-10(2)11-14-15-12(16(11)6)19(17,18)9-7-8-13(3,4)5/h10H,7-9H2,1-6H3. The lowest BCUT2D eigenvalue weighted by atomic mass is 9.91. The van der Waals surface area contributed by atoms with E-state index in [2.05, 4.69) is 31.0 Å². The molecule has 0 aliphatic rings. The van der Waals surface area contributed by atoms with E-state index in [0.717, 1.165) is 6.42 Å². The summed E-state index contributed by atoms with van der Waals surface area (Å²) in [4.78, 5) is 0. The van der Waals surface area contributed by atoms with Crippen molar-refractivity contribution in [3.8, 4) is 0 Å². The van der Waals surface area contributed by atoms with Crippen molar-refractivity contribution in [3.05, 3.63) is 5.82 Å². The molecule has 0 atom stereocenters. The van der Waals surface area contributed by atoms with Gasteiger partial charge in [0.15, 0.2) is 0 Å². The van der Waals surface area contributed by atoms with Gasteiger partial charge in [-0.1, -0.05) is 34.6 Å². The van der Waals surface area contributed by atoms with Gasteiger partial charge >= 0.3 is 0 Å². The van der Waals surface area contributed by atoms with Gasteiger partial charge in [-0.2, -0.15) is 0 Å². The molecule has 0 amide bonds. The summed E-state index contributed by atoms with van der Waals surface area (Å²) in [5.74, 6) is 0.999. The fourth-order valence-corrected chi connectivity index (χ4v) is 3.37. The lowest BCUT2D eigenvalue weighted by Gasteiger charge is -2.17. The van der Waals surface area contributed by atoms with Gasteiger partial charge in [0, 0.05) is 13.0 Å². The summed E-state index contributed by atoms with van der Waals surface area (Å²) in [6.45, 7) is 10.3. The minimum Gasteiger partial charge on any atom is -0.305 e. The van der Waals surface area contributed by atoms with Crippen molar-refractivity contribution >= 4 is 9.84 Å². The van der Waals surface area contributed by atoms with Gasteiger partial charge in [0.25, 0.3) is 0 Å². The van der Waals surface area contributed by atoms with Crippen LogP contribution in [0.4, 0.5) is 0 Å². The predicted molar refractivity (Wildman–Crippen MR) is 75.8 cm³/mol. The summed E-state index contributed by atoms with van der Waals surface area (Å²) in [7, 11) is -1.62. The molecule has 0 unspecified atom stereocenters. The van der Waals surface area contributed by atoms with Crippen molar-refractivity contribution in [2.75, 3.05) is 5.75 Å². The van der Waals surface area contributed by atoms with Crippen molar-refractivity contribution in [1.29, 1.82) is 0 Å². The molecule has 6 heteroatoms. The van der Waals surface area contributed by atoms with Crippen LogP contribution in [-0.4, -0.2) is 28.9 Å². The molecule has 0 aliphatic carbocycles. The first-order valence-electron chi connectivity index (χ1n) is 6.66. The highest BCUT2D eigenvalue weighted by atomic mass is 32.2. The predicted octanol–water partition coefficient (Wildman–Crippen LogP) is 2.54. The molecular weight excluding hydrogens is 262 g/mol. The number of hydrogen-bond acceptors (Lipinski definition) is 4. The minimum absolute atomic E-state index is 0.0881. The van der Waals surface area contributed by atoms with Gasteiger partial charge in [-0.3, -0.25) is 0 Å². The van der Waals surface area contributed by atoms with Gasteiger partial charge in [0.05, 0.1) is 5.75 Å². The van der Waals surface area contributed by atoms with E-state index in [1.165, 1.54) is 0 Å². The maximum atomic E-state index is 12.3. The van der Waals surface area contributed by atoms with Gasteiger partial charge in [-0.15, -0.1) is 10.2 Å². The minimum atomic E-state index is -3.34. The highest BCUT2D eigenvalue weighted by Gasteiger charge is 2.24. The first-order chi connectivity index (χ1) is 8.54. The highest BCUT2D eigenvalue weighted by molar-refractivity contribution is 7.91. The molecule has 19 heavy (non-hydrogen) atoms. The van der Waals surface area contributed by atoms with Gasteiger partial charge in [-0.05, 0) is 18.3 Å². The van der Waals surface area contributed by atoms with E-state index in [1.807, 2.05) is 13.8 Å². The zero-order chi connectivity index (χ0) is 14.8. The summed E-state index contributed by atoms with van der Waals surface area (Å²) in [6.07, 6.45) is 1.52. The number of nitrogens with zero attached hydrogens (tertiary/aromatic N) is 3. The summed E-state index contributed by atoms with van der Waals surface area (Å²) in [5, 5.41) is 7.91. The van der Waals surface area contributed by atoms with Crippen LogP contribution in [0, 0.1) is 5.41 Å². The molecule has 0 radical (unpaired) electrons. The summed E-state index contributed by atoms with van der Waals surface area (Å²) in [5.41, 5.74) is 0.151. The van der Waals surface area contributed by atoms with Gasteiger partial charge in [0.2, 0.25) is 15.0 Å². The molecule has 110 valence electrons. The van der Waals surface area contributed by atoms with Crippen LogP contribution in [0.25, 0.3) is 0 Å². The highest BCUT2D eigenvalue weighted by Crippen LogP contribution is 2.22. The van der Waals surface area contributed by atoms with E-state index in [0.29, 0.717) is 12.2 Å². The Balaban J connectivity index is 2.84. The molecule has 1 aromatic heterocycles. The largest absolute Gasteiger partial charge is 0.305 e. The van der Waals surface area contributed by atoms with Crippen LogP contribution < -0.4 is 0 Å². The first kappa shape index (κ1) is 16.1. The molecular formula is C13H25N3O2S. The maximum Gasteiger partial charge on any atom is 0.249 e. The van der Waals surface area contributed by atoms with Crippen LogP contribution in [0.5, 0.6) is 0 Å². The van der Waals surface area contributed by atoms with Crippen LogP contribution >= 0.6 is 0 Å². The van der Waals surface area contributed by atoms with E-state index in [4.69, 9.17) is 0 Å². The van der Waals surface area contributed by atoms with Crippen LogP contribution in [0.1, 0.15) is 59.2 Å². The van der Waals surface area contributed by atoms with Crippen molar-refractivity contribution in [2.45, 2.75) is 58.5 Å². The second kappa shape index (κ2) is 5.61. The normalized spacial score (nSPS) is 13.2.